The van der Waals surface area contributed by atoms with Gasteiger partial charge in [-0.1, -0.05) is 0 Å². The van der Waals surface area contributed by atoms with Gasteiger partial charge in [0.25, 0.3) is 5.91 Å². The van der Waals surface area contributed by atoms with Gasteiger partial charge in [0.2, 0.25) is 10.0 Å². The molecule has 7 nitrogen and oxygen atoms in total. The van der Waals surface area contributed by atoms with Gasteiger partial charge in [0.1, 0.15) is 5.75 Å². The highest BCUT2D eigenvalue weighted by molar-refractivity contribution is 7.89. The maximum Gasteiger partial charge on any atom is 0.265 e. The third-order valence-electron chi connectivity index (χ3n) is 3.15. The first-order valence-corrected chi connectivity index (χ1v) is 8.61. The van der Waals surface area contributed by atoms with Gasteiger partial charge in [0.05, 0.1) is 10.6 Å². The number of anilines is 1. The Morgan fingerprint density at radius 2 is 2.18 bits per heavy atom. The SMILES string of the molecule is CCOCCCNS(=O)(=O)c1ccc2c(c1)NC(=O)[C@H](C)O2. The molecule has 1 aromatic carbocycles. The fourth-order valence-corrected chi connectivity index (χ4v) is 3.06. The number of benzene rings is 1. The summed E-state index contributed by atoms with van der Waals surface area (Å²) in [5.41, 5.74) is 0.361. The standard InChI is InChI=1S/C14H20N2O5S/c1-3-20-8-4-7-15-22(18,19)11-5-6-13-12(9-11)16-14(17)10(2)21-13/h5-6,9-10,15H,3-4,7-8H2,1-2H3,(H,16,17)/t10-/m0/s1. The second-order valence-electron chi connectivity index (χ2n) is 4.86. The molecule has 0 spiro atoms. The summed E-state index contributed by atoms with van der Waals surface area (Å²) in [5.74, 6) is 0.161. The van der Waals surface area contributed by atoms with Gasteiger partial charge in [-0.2, -0.15) is 0 Å². The van der Waals surface area contributed by atoms with Crippen molar-refractivity contribution < 1.29 is 22.7 Å². The second kappa shape index (κ2) is 7.08. The lowest BCUT2D eigenvalue weighted by Gasteiger charge is -2.23. The molecule has 1 aromatic rings. The Bertz CT molecular complexity index is 645. The smallest absolute Gasteiger partial charge is 0.265 e. The zero-order valence-corrected chi connectivity index (χ0v) is 13.4. The molecule has 2 N–H and O–H groups in total. The number of nitrogens with one attached hydrogen (secondary N) is 2. The molecule has 1 aliphatic rings. The van der Waals surface area contributed by atoms with E-state index in [1.165, 1.54) is 12.1 Å². The first-order chi connectivity index (χ1) is 10.4. The van der Waals surface area contributed by atoms with Crippen LogP contribution in [0.5, 0.6) is 5.75 Å². The lowest BCUT2D eigenvalue weighted by molar-refractivity contribution is -0.122. The first kappa shape index (κ1) is 16.7. The molecule has 2 rings (SSSR count). The number of hydrogen-bond acceptors (Lipinski definition) is 5. The summed E-state index contributed by atoms with van der Waals surface area (Å²) in [6, 6.07) is 4.39. The molecule has 0 aromatic heterocycles. The van der Waals surface area contributed by atoms with E-state index in [4.69, 9.17) is 9.47 Å². The number of ether oxygens (including phenoxy) is 2. The van der Waals surface area contributed by atoms with E-state index in [9.17, 15) is 13.2 Å². The normalized spacial score (nSPS) is 17.5. The molecule has 8 heteroatoms. The van der Waals surface area contributed by atoms with E-state index in [1.54, 1.807) is 13.0 Å². The number of hydrogen-bond donors (Lipinski definition) is 2. The minimum Gasteiger partial charge on any atom is -0.479 e. The predicted octanol–water partition coefficient (Wildman–Crippen LogP) is 1.11. The van der Waals surface area contributed by atoms with Gasteiger partial charge in [0.15, 0.2) is 6.10 Å². The number of fused-ring (bicyclic) bond motifs is 1. The van der Waals surface area contributed by atoms with E-state index in [2.05, 4.69) is 10.0 Å². The Morgan fingerprint density at radius 3 is 2.91 bits per heavy atom. The van der Waals surface area contributed by atoms with Gasteiger partial charge >= 0.3 is 0 Å². The zero-order valence-electron chi connectivity index (χ0n) is 12.6. The van der Waals surface area contributed by atoms with Crippen LogP contribution >= 0.6 is 0 Å². The largest absolute Gasteiger partial charge is 0.479 e. The summed E-state index contributed by atoms with van der Waals surface area (Å²) in [5, 5.41) is 2.63. The molecule has 1 amide bonds. The van der Waals surface area contributed by atoms with Crippen molar-refractivity contribution in [3.63, 3.8) is 0 Å². The van der Waals surface area contributed by atoms with Gasteiger partial charge in [-0.3, -0.25) is 4.79 Å². The predicted molar refractivity (Wildman–Crippen MR) is 81.5 cm³/mol. The number of rotatable bonds is 7. The summed E-state index contributed by atoms with van der Waals surface area (Å²) < 4.78 is 37.4. The summed E-state index contributed by atoms with van der Waals surface area (Å²) >= 11 is 0. The van der Waals surface area contributed by atoms with Crippen LogP contribution in [0.4, 0.5) is 5.69 Å². The van der Waals surface area contributed by atoms with Crippen molar-refractivity contribution in [1.29, 1.82) is 0 Å². The molecule has 0 radical (unpaired) electrons. The molecule has 0 saturated heterocycles. The minimum atomic E-state index is -3.62. The average molecular weight is 328 g/mol. The van der Waals surface area contributed by atoms with Crippen LogP contribution in [0.25, 0.3) is 0 Å². The molecule has 22 heavy (non-hydrogen) atoms. The molecule has 0 fully saturated rings. The number of amides is 1. The Labute approximate surface area is 130 Å². The van der Waals surface area contributed by atoms with E-state index < -0.39 is 16.1 Å². The molecular weight excluding hydrogens is 308 g/mol. The maximum absolute atomic E-state index is 12.2. The van der Waals surface area contributed by atoms with Crippen molar-refractivity contribution in [2.24, 2.45) is 0 Å². The van der Waals surface area contributed by atoms with Gasteiger partial charge in [0, 0.05) is 19.8 Å². The summed E-state index contributed by atoms with van der Waals surface area (Å²) in [7, 11) is -3.62. The van der Waals surface area contributed by atoms with E-state index >= 15 is 0 Å². The summed E-state index contributed by atoms with van der Waals surface area (Å²) in [6.07, 6.45) is 0.00156. The van der Waals surface area contributed by atoms with Gasteiger partial charge in [-0.25, -0.2) is 13.1 Å². The van der Waals surface area contributed by atoms with Crippen LogP contribution < -0.4 is 14.8 Å². The Hall–Kier alpha value is -1.64. The van der Waals surface area contributed by atoms with Crippen molar-refractivity contribution in [2.75, 3.05) is 25.1 Å². The maximum atomic E-state index is 12.2. The van der Waals surface area contributed by atoms with Gasteiger partial charge in [-0.05, 0) is 38.5 Å². The van der Waals surface area contributed by atoms with Crippen molar-refractivity contribution >= 4 is 21.6 Å². The van der Waals surface area contributed by atoms with E-state index in [-0.39, 0.29) is 10.8 Å². The van der Waals surface area contributed by atoms with E-state index in [0.717, 1.165) is 0 Å². The van der Waals surface area contributed by atoms with Gasteiger partial charge in [-0.15, -0.1) is 0 Å². The summed E-state index contributed by atoms with van der Waals surface area (Å²) in [6.45, 7) is 4.91. The van der Waals surface area contributed by atoms with Crippen molar-refractivity contribution in [2.45, 2.75) is 31.3 Å². The van der Waals surface area contributed by atoms with Crippen molar-refractivity contribution in [1.82, 2.24) is 4.72 Å². The Morgan fingerprint density at radius 1 is 1.41 bits per heavy atom. The third kappa shape index (κ3) is 3.96. The van der Waals surface area contributed by atoms with Crippen LogP contribution in [-0.2, 0) is 19.6 Å². The van der Waals surface area contributed by atoms with Crippen LogP contribution in [-0.4, -0.2) is 40.2 Å². The quantitative estimate of drug-likeness (QED) is 0.731. The van der Waals surface area contributed by atoms with Crippen LogP contribution in [0.15, 0.2) is 23.1 Å². The molecule has 1 aliphatic heterocycles. The van der Waals surface area contributed by atoms with E-state index in [0.29, 0.717) is 37.6 Å². The van der Waals surface area contributed by atoms with Crippen molar-refractivity contribution in [3.8, 4) is 5.75 Å². The number of carbonyl (C=O) groups excluding carboxylic acids is 1. The lowest BCUT2D eigenvalue weighted by atomic mass is 10.2. The van der Waals surface area contributed by atoms with Gasteiger partial charge < -0.3 is 14.8 Å². The highest BCUT2D eigenvalue weighted by atomic mass is 32.2. The molecule has 0 bridgehead atoms. The molecule has 1 heterocycles. The second-order valence-corrected chi connectivity index (χ2v) is 6.62. The first-order valence-electron chi connectivity index (χ1n) is 7.13. The summed E-state index contributed by atoms with van der Waals surface area (Å²) in [4.78, 5) is 11.7. The topological polar surface area (TPSA) is 93.7 Å². The van der Waals surface area contributed by atoms with Crippen LogP contribution in [0, 0.1) is 0 Å². The lowest BCUT2D eigenvalue weighted by Crippen LogP contribution is -2.34. The molecule has 0 unspecified atom stereocenters. The molecule has 122 valence electrons. The van der Waals surface area contributed by atoms with Crippen LogP contribution in [0.3, 0.4) is 0 Å². The Balaban J connectivity index is 2.06. The highest BCUT2D eigenvalue weighted by Crippen LogP contribution is 2.31. The number of sulfonamides is 1. The van der Waals surface area contributed by atoms with Crippen molar-refractivity contribution in [3.05, 3.63) is 18.2 Å². The molecule has 0 aliphatic carbocycles. The van der Waals surface area contributed by atoms with Crippen LogP contribution in [0.2, 0.25) is 0 Å². The molecule has 0 saturated carbocycles. The highest BCUT2D eigenvalue weighted by Gasteiger charge is 2.25. The molecule has 1 atom stereocenters. The Kier molecular flexibility index (Phi) is 5.38. The molecular formula is C14H20N2O5S. The fraction of sp³-hybridized carbons (Fsp3) is 0.500. The monoisotopic (exact) mass is 328 g/mol. The minimum absolute atomic E-state index is 0.0844. The van der Waals surface area contributed by atoms with E-state index in [1.807, 2.05) is 6.92 Å². The average Bonchev–Trinajstić information content (AvgIpc) is 2.47. The zero-order chi connectivity index (χ0) is 16.2. The third-order valence-corrected chi connectivity index (χ3v) is 4.61. The van der Waals surface area contributed by atoms with Crippen LogP contribution in [0.1, 0.15) is 20.3 Å². The fourth-order valence-electron chi connectivity index (χ4n) is 1.96. The number of carbonyl (C=O) groups is 1.